The number of benzene rings is 2. The van der Waals surface area contributed by atoms with E-state index in [1.54, 1.807) is 48.6 Å². The lowest BCUT2D eigenvalue weighted by molar-refractivity contribution is -0.385. The molecule has 0 N–H and O–H groups in total. The van der Waals surface area contributed by atoms with Crippen LogP contribution in [0.2, 0.25) is 0 Å². The summed E-state index contributed by atoms with van der Waals surface area (Å²) in [5, 5.41) is 11.3. The number of hydrogen-bond donors (Lipinski definition) is 0. The number of carbonyl (C=O) groups excluding carboxylic acids is 1. The number of rotatable bonds is 5. The molecule has 0 saturated carbocycles. The van der Waals surface area contributed by atoms with Gasteiger partial charge < -0.3 is 4.42 Å². The summed E-state index contributed by atoms with van der Waals surface area (Å²) in [5.41, 5.74) is 0.946. The Balaban J connectivity index is 1.99. The van der Waals surface area contributed by atoms with E-state index in [9.17, 15) is 14.9 Å². The standard InChI is InChI=1S/C20H15NO4/c1-14-7-10-17(25-14)11-8-15-9-12-19(21(23)24)18(13-15)20(22)16-5-3-2-4-6-16/h2-13H,1H3/b11-8+. The lowest BCUT2D eigenvalue weighted by Gasteiger charge is -2.04. The van der Waals surface area contributed by atoms with Gasteiger partial charge in [0.25, 0.3) is 5.69 Å². The van der Waals surface area contributed by atoms with Crippen LogP contribution in [0.25, 0.3) is 12.2 Å². The van der Waals surface area contributed by atoms with Gasteiger partial charge in [-0.25, -0.2) is 0 Å². The first kappa shape index (κ1) is 16.4. The molecule has 3 aromatic rings. The summed E-state index contributed by atoms with van der Waals surface area (Å²) >= 11 is 0. The molecule has 0 radical (unpaired) electrons. The van der Waals surface area contributed by atoms with Gasteiger partial charge in [0.2, 0.25) is 0 Å². The van der Waals surface area contributed by atoms with Crippen LogP contribution in [-0.4, -0.2) is 10.7 Å². The highest BCUT2D eigenvalue weighted by molar-refractivity contribution is 6.11. The average molecular weight is 333 g/mol. The molecule has 0 spiro atoms. The molecule has 0 aliphatic rings. The van der Waals surface area contributed by atoms with Crippen molar-refractivity contribution < 1.29 is 14.1 Å². The molecule has 0 fully saturated rings. The molecule has 5 heteroatoms. The SMILES string of the molecule is Cc1ccc(/C=C/c2ccc([N+](=O)[O-])c(C(=O)c3ccccc3)c2)o1. The van der Waals surface area contributed by atoms with Crippen molar-refractivity contribution in [2.45, 2.75) is 6.92 Å². The summed E-state index contributed by atoms with van der Waals surface area (Å²) in [6.45, 7) is 1.85. The molecule has 0 saturated heterocycles. The number of ketones is 1. The molecule has 124 valence electrons. The molecule has 0 aliphatic carbocycles. The molecule has 5 nitrogen and oxygen atoms in total. The molecule has 1 heterocycles. The maximum Gasteiger partial charge on any atom is 0.280 e. The second-order valence-electron chi connectivity index (χ2n) is 5.51. The average Bonchev–Trinajstić information content (AvgIpc) is 3.05. The highest BCUT2D eigenvalue weighted by Gasteiger charge is 2.21. The number of furan rings is 1. The summed E-state index contributed by atoms with van der Waals surface area (Å²) in [6.07, 6.45) is 3.51. The Morgan fingerprint density at radius 2 is 1.80 bits per heavy atom. The van der Waals surface area contributed by atoms with E-state index in [2.05, 4.69) is 0 Å². The molecule has 0 amide bonds. The molecule has 25 heavy (non-hydrogen) atoms. The summed E-state index contributed by atoms with van der Waals surface area (Å²) in [6, 6.07) is 16.7. The van der Waals surface area contributed by atoms with Gasteiger partial charge in [0.15, 0.2) is 5.78 Å². The predicted octanol–water partition coefficient (Wildman–Crippen LogP) is 4.90. The normalized spacial score (nSPS) is 10.9. The highest BCUT2D eigenvalue weighted by atomic mass is 16.6. The van der Waals surface area contributed by atoms with Crippen molar-refractivity contribution >= 4 is 23.6 Å². The predicted molar refractivity (Wildman–Crippen MR) is 95.3 cm³/mol. The lowest BCUT2D eigenvalue weighted by atomic mass is 9.99. The van der Waals surface area contributed by atoms with Gasteiger partial charge in [-0.05, 0) is 42.8 Å². The summed E-state index contributed by atoms with van der Waals surface area (Å²) in [4.78, 5) is 23.4. The van der Waals surface area contributed by atoms with Gasteiger partial charge in [-0.2, -0.15) is 0 Å². The van der Waals surface area contributed by atoms with Gasteiger partial charge >= 0.3 is 0 Å². The van der Waals surface area contributed by atoms with Crippen molar-refractivity contribution in [3.05, 3.63) is 99.0 Å². The van der Waals surface area contributed by atoms with Crippen molar-refractivity contribution in [1.82, 2.24) is 0 Å². The molecule has 1 aromatic heterocycles. The first-order chi connectivity index (χ1) is 12.0. The topological polar surface area (TPSA) is 73.3 Å². The summed E-state index contributed by atoms with van der Waals surface area (Å²) < 4.78 is 5.45. The number of aryl methyl sites for hydroxylation is 1. The largest absolute Gasteiger partial charge is 0.462 e. The fourth-order valence-corrected chi connectivity index (χ4v) is 2.46. The Kier molecular flexibility index (Phi) is 4.57. The van der Waals surface area contributed by atoms with E-state index in [0.29, 0.717) is 16.9 Å². The van der Waals surface area contributed by atoms with E-state index < -0.39 is 4.92 Å². The Morgan fingerprint density at radius 3 is 2.44 bits per heavy atom. The number of carbonyl (C=O) groups is 1. The molecule has 0 bridgehead atoms. The summed E-state index contributed by atoms with van der Waals surface area (Å²) in [7, 11) is 0. The maximum absolute atomic E-state index is 12.7. The van der Waals surface area contributed by atoms with Gasteiger partial charge in [-0.15, -0.1) is 0 Å². The smallest absolute Gasteiger partial charge is 0.280 e. The van der Waals surface area contributed by atoms with E-state index in [1.807, 2.05) is 19.1 Å². The summed E-state index contributed by atoms with van der Waals surface area (Å²) in [5.74, 6) is 1.09. The number of hydrogen-bond acceptors (Lipinski definition) is 4. The Hall–Kier alpha value is -3.47. The minimum atomic E-state index is -0.542. The van der Waals surface area contributed by atoms with Gasteiger partial charge in [0.1, 0.15) is 17.1 Å². The number of nitro benzene ring substituents is 1. The Bertz CT molecular complexity index is 955. The quantitative estimate of drug-likeness (QED) is 0.378. The molecule has 2 aromatic carbocycles. The van der Waals surface area contributed by atoms with Crippen LogP contribution in [0.3, 0.4) is 0 Å². The van der Waals surface area contributed by atoms with E-state index in [-0.39, 0.29) is 17.0 Å². The van der Waals surface area contributed by atoms with E-state index >= 15 is 0 Å². The zero-order chi connectivity index (χ0) is 17.8. The van der Waals surface area contributed by atoms with Crippen LogP contribution < -0.4 is 0 Å². The zero-order valence-corrected chi connectivity index (χ0v) is 13.5. The Labute approximate surface area is 144 Å². The van der Waals surface area contributed by atoms with Crippen LogP contribution >= 0.6 is 0 Å². The van der Waals surface area contributed by atoms with E-state index in [4.69, 9.17) is 4.42 Å². The maximum atomic E-state index is 12.7. The Morgan fingerprint density at radius 1 is 1.04 bits per heavy atom. The first-order valence-corrected chi connectivity index (χ1v) is 7.67. The molecular weight excluding hydrogens is 318 g/mol. The minimum Gasteiger partial charge on any atom is -0.462 e. The van der Waals surface area contributed by atoms with Gasteiger partial charge in [0, 0.05) is 11.6 Å². The monoisotopic (exact) mass is 333 g/mol. The van der Waals surface area contributed by atoms with E-state index in [0.717, 1.165) is 5.76 Å². The van der Waals surface area contributed by atoms with Crippen LogP contribution in [-0.2, 0) is 0 Å². The highest BCUT2D eigenvalue weighted by Crippen LogP contribution is 2.24. The molecule has 0 atom stereocenters. The second kappa shape index (κ2) is 6.97. The zero-order valence-electron chi connectivity index (χ0n) is 13.5. The molecule has 3 rings (SSSR count). The fraction of sp³-hybridized carbons (Fsp3) is 0.0500. The van der Waals surface area contributed by atoms with Crippen molar-refractivity contribution in [3.8, 4) is 0 Å². The third-order valence-corrected chi connectivity index (χ3v) is 3.70. The van der Waals surface area contributed by atoms with E-state index in [1.165, 1.54) is 12.1 Å². The van der Waals surface area contributed by atoms with Crippen molar-refractivity contribution in [3.63, 3.8) is 0 Å². The van der Waals surface area contributed by atoms with Gasteiger partial charge in [0.05, 0.1) is 4.92 Å². The number of nitro groups is 1. The van der Waals surface area contributed by atoms with Crippen LogP contribution in [0.1, 0.15) is 33.0 Å². The molecule has 0 unspecified atom stereocenters. The minimum absolute atomic E-state index is 0.0639. The van der Waals surface area contributed by atoms with Crippen LogP contribution in [0.15, 0.2) is 65.1 Å². The van der Waals surface area contributed by atoms with Crippen LogP contribution in [0.4, 0.5) is 5.69 Å². The lowest BCUT2D eigenvalue weighted by Crippen LogP contribution is -2.05. The third-order valence-electron chi connectivity index (χ3n) is 3.70. The van der Waals surface area contributed by atoms with Crippen LogP contribution in [0.5, 0.6) is 0 Å². The fourth-order valence-electron chi connectivity index (χ4n) is 2.46. The second-order valence-corrected chi connectivity index (χ2v) is 5.51. The van der Waals surface area contributed by atoms with Crippen molar-refractivity contribution in [2.75, 3.05) is 0 Å². The molecular formula is C20H15NO4. The molecule has 0 aliphatic heterocycles. The van der Waals surface area contributed by atoms with Crippen molar-refractivity contribution in [1.29, 1.82) is 0 Å². The van der Waals surface area contributed by atoms with Crippen molar-refractivity contribution in [2.24, 2.45) is 0 Å². The van der Waals surface area contributed by atoms with Gasteiger partial charge in [-0.3, -0.25) is 14.9 Å². The van der Waals surface area contributed by atoms with Gasteiger partial charge in [-0.1, -0.05) is 36.4 Å². The van der Waals surface area contributed by atoms with Crippen LogP contribution in [0, 0.1) is 17.0 Å². The first-order valence-electron chi connectivity index (χ1n) is 7.67. The number of nitrogens with zero attached hydrogens (tertiary/aromatic N) is 1. The third kappa shape index (κ3) is 3.72.